The van der Waals surface area contributed by atoms with Crippen LogP contribution in [0.2, 0.25) is 0 Å². The highest BCUT2D eigenvalue weighted by Gasteiger charge is 2.26. The molecule has 3 rings (SSSR count). The number of piperazine rings is 1. The fourth-order valence-electron chi connectivity index (χ4n) is 3.97. The summed E-state index contributed by atoms with van der Waals surface area (Å²) in [6.45, 7) is 5.93. The third-order valence-electron chi connectivity index (χ3n) is 5.70. The van der Waals surface area contributed by atoms with E-state index in [-0.39, 0.29) is 18.2 Å². The zero-order chi connectivity index (χ0) is 22.9. The number of carbonyl (C=O) groups excluding carboxylic acids is 2. The van der Waals surface area contributed by atoms with Crippen LogP contribution in [0.4, 0.5) is 0 Å². The number of methoxy groups -OCH3 is 2. The summed E-state index contributed by atoms with van der Waals surface area (Å²) >= 11 is 0. The van der Waals surface area contributed by atoms with Crippen LogP contribution in [-0.4, -0.2) is 75.1 Å². The molecule has 0 aliphatic carbocycles. The van der Waals surface area contributed by atoms with E-state index in [1.165, 1.54) is 18.1 Å². The number of ketones is 1. The fourth-order valence-corrected chi connectivity index (χ4v) is 3.97. The van der Waals surface area contributed by atoms with Gasteiger partial charge >= 0.3 is 5.97 Å². The third-order valence-corrected chi connectivity index (χ3v) is 5.70. The van der Waals surface area contributed by atoms with Crippen molar-refractivity contribution in [3.63, 3.8) is 0 Å². The average molecular weight is 441 g/mol. The smallest absolute Gasteiger partial charge is 0.313 e. The van der Waals surface area contributed by atoms with Crippen LogP contribution < -0.4 is 9.47 Å². The second kappa shape index (κ2) is 11.6. The molecule has 1 saturated heterocycles. The van der Waals surface area contributed by atoms with E-state index >= 15 is 0 Å². The van der Waals surface area contributed by atoms with Crippen molar-refractivity contribution in [1.82, 2.24) is 9.80 Å². The van der Waals surface area contributed by atoms with Crippen molar-refractivity contribution >= 4 is 11.8 Å². The standard InChI is InChI=1S/C25H32N2O5/c1-19(28)18-24(29)32-17-16-26-12-14-27(15-13-26)25(20-4-8-22(30-2)9-5-20)21-6-10-23(31-3)11-7-21/h4-11,25H,12-18H2,1-3H3. The van der Waals surface area contributed by atoms with Crippen molar-refractivity contribution in [3.05, 3.63) is 59.7 Å². The topological polar surface area (TPSA) is 68.3 Å². The van der Waals surface area contributed by atoms with Crippen LogP contribution in [0.3, 0.4) is 0 Å². The van der Waals surface area contributed by atoms with Gasteiger partial charge in [-0.25, -0.2) is 0 Å². The maximum atomic E-state index is 11.6. The number of hydrogen-bond acceptors (Lipinski definition) is 7. The molecule has 172 valence electrons. The molecule has 7 nitrogen and oxygen atoms in total. The molecule has 0 unspecified atom stereocenters. The quantitative estimate of drug-likeness (QED) is 0.416. The van der Waals surface area contributed by atoms with E-state index < -0.39 is 5.97 Å². The van der Waals surface area contributed by atoms with E-state index in [9.17, 15) is 9.59 Å². The molecule has 1 fully saturated rings. The fraction of sp³-hybridized carbons (Fsp3) is 0.440. The van der Waals surface area contributed by atoms with Gasteiger partial charge in [0, 0.05) is 32.7 Å². The molecular formula is C25H32N2O5. The van der Waals surface area contributed by atoms with Crippen molar-refractivity contribution < 1.29 is 23.8 Å². The predicted octanol–water partition coefficient (Wildman–Crippen LogP) is 2.93. The van der Waals surface area contributed by atoms with Gasteiger partial charge in [-0.1, -0.05) is 24.3 Å². The van der Waals surface area contributed by atoms with Gasteiger partial charge in [-0.05, 0) is 42.3 Å². The van der Waals surface area contributed by atoms with Crippen molar-refractivity contribution in [1.29, 1.82) is 0 Å². The number of benzene rings is 2. The number of Topliss-reactive ketones (excluding diaryl/α,β-unsaturated/α-hetero) is 1. The Balaban J connectivity index is 1.64. The van der Waals surface area contributed by atoms with Gasteiger partial charge in [0.05, 0.1) is 20.3 Å². The minimum absolute atomic E-state index is 0.127. The lowest BCUT2D eigenvalue weighted by Gasteiger charge is -2.39. The van der Waals surface area contributed by atoms with Crippen LogP contribution in [0.25, 0.3) is 0 Å². The Labute approximate surface area is 189 Å². The van der Waals surface area contributed by atoms with E-state index in [1.807, 2.05) is 24.3 Å². The van der Waals surface area contributed by atoms with Gasteiger partial charge in [-0.2, -0.15) is 0 Å². The van der Waals surface area contributed by atoms with Crippen LogP contribution in [0, 0.1) is 0 Å². The molecule has 1 aliphatic heterocycles. The molecule has 1 heterocycles. The monoisotopic (exact) mass is 440 g/mol. The van der Waals surface area contributed by atoms with E-state index in [0.717, 1.165) is 37.7 Å². The summed E-state index contributed by atoms with van der Waals surface area (Å²) in [7, 11) is 3.35. The zero-order valence-electron chi connectivity index (χ0n) is 19.1. The molecule has 7 heteroatoms. The van der Waals surface area contributed by atoms with E-state index in [4.69, 9.17) is 14.2 Å². The van der Waals surface area contributed by atoms with Crippen LogP contribution in [0.5, 0.6) is 11.5 Å². The number of esters is 1. The molecule has 0 aromatic heterocycles. The maximum Gasteiger partial charge on any atom is 0.313 e. The first-order valence-electron chi connectivity index (χ1n) is 10.9. The normalized spacial score (nSPS) is 14.9. The summed E-state index contributed by atoms with van der Waals surface area (Å²) < 4.78 is 15.8. The number of carbonyl (C=O) groups is 2. The van der Waals surface area contributed by atoms with Gasteiger partial charge in [0.15, 0.2) is 0 Å². The number of nitrogens with zero attached hydrogens (tertiary/aromatic N) is 2. The highest BCUT2D eigenvalue weighted by molar-refractivity contribution is 5.94. The first kappa shape index (κ1) is 23.8. The lowest BCUT2D eigenvalue weighted by molar-refractivity contribution is -0.146. The molecule has 0 amide bonds. The lowest BCUT2D eigenvalue weighted by atomic mass is 9.96. The van der Waals surface area contributed by atoms with Crippen molar-refractivity contribution in [3.8, 4) is 11.5 Å². The summed E-state index contributed by atoms with van der Waals surface area (Å²) in [6, 6.07) is 16.6. The molecule has 0 bridgehead atoms. The van der Waals surface area contributed by atoms with Crippen LogP contribution >= 0.6 is 0 Å². The van der Waals surface area contributed by atoms with E-state index in [1.54, 1.807) is 14.2 Å². The first-order chi connectivity index (χ1) is 15.5. The van der Waals surface area contributed by atoms with E-state index in [0.29, 0.717) is 13.2 Å². The Morgan fingerprint density at radius 2 is 1.34 bits per heavy atom. The van der Waals surface area contributed by atoms with Gasteiger partial charge in [0.25, 0.3) is 0 Å². The molecule has 0 atom stereocenters. The second-order valence-electron chi connectivity index (χ2n) is 7.93. The van der Waals surface area contributed by atoms with Gasteiger partial charge in [-0.3, -0.25) is 19.4 Å². The Kier molecular flexibility index (Phi) is 8.64. The Morgan fingerprint density at radius 3 is 1.78 bits per heavy atom. The molecule has 1 aliphatic rings. The predicted molar refractivity (Wildman–Crippen MR) is 122 cm³/mol. The Hall–Kier alpha value is -2.90. The summed E-state index contributed by atoms with van der Waals surface area (Å²) in [5, 5.41) is 0. The zero-order valence-corrected chi connectivity index (χ0v) is 19.1. The first-order valence-corrected chi connectivity index (χ1v) is 10.9. The van der Waals surface area contributed by atoms with Crippen LogP contribution in [0.1, 0.15) is 30.5 Å². The Bertz CT molecular complexity index is 827. The van der Waals surface area contributed by atoms with Crippen LogP contribution in [0.15, 0.2) is 48.5 Å². The van der Waals surface area contributed by atoms with Crippen LogP contribution in [-0.2, 0) is 14.3 Å². The molecule has 32 heavy (non-hydrogen) atoms. The van der Waals surface area contributed by atoms with Crippen molar-refractivity contribution in [2.75, 3.05) is 53.6 Å². The molecule has 0 radical (unpaired) electrons. The van der Waals surface area contributed by atoms with Gasteiger partial charge in [-0.15, -0.1) is 0 Å². The highest BCUT2D eigenvalue weighted by Crippen LogP contribution is 2.31. The number of ether oxygens (including phenoxy) is 3. The second-order valence-corrected chi connectivity index (χ2v) is 7.93. The third kappa shape index (κ3) is 6.55. The summed E-state index contributed by atoms with van der Waals surface area (Å²) in [5.74, 6) is 1.06. The molecule has 0 spiro atoms. The van der Waals surface area contributed by atoms with Gasteiger partial charge in [0.2, 0.25) is 0 Å². The number of hydrogen-bond donors (Lipinski definition) is 0. The van der Waals surface area contributed by atoms with Gasteiger partial charge < -0.3 is 14.2 Å². The summed E-state index contributed by atoms with van der Waals surface area (Å²) in [5.41, 5.74) is 2.42. The van der Waals surface area contributed by atoms with Crippen molar-refractivity contribution in [2.45, 2.75) is 19.4 Å². The highest BCUT2D eigenvalue weighted by atomic mass is 16.5. The number of rotatable bonds is 10. The van der Waals surface area contributed by atoms with Gasteiger partial charge in [0.1, 0.15) is 30.3 Å². The van der Waals surface area contributed by atoms with Crippen molar-refractivity contribution in [2.24, 2.45) is 0 Å². The Morgan fingerprint density at radius 1 is 0.844 bits per heavy atom. The molecule has 2 aromatic carbocycles. The molecule has 0 N–H and O–H groups in total. The SMILES string of the molecule is COc1ccc(C(c2ccc(OC)cc2)N2CCN(CCOC(=O)CC(C)=O)CC2)cc1. The minimum atomic E-state index is -0.449. The maximum absolute atomic E-state index is 11.6. The van der Waals surface area contributed by atoms with E-state index in [2.05, 4.69) is 34.1 Å². The molecule has 0 saturated carbocycles. The average Bonchev–Trinajstić information content (AvgIpc) is 2.81. The minimum Gasteiger partial charge on any atom is -0.497 e. The largest absolute Gasteiger partial charge is 0.497 e. The summed E-state index contributed by atoms with van der Waals surface area (Å²) in [4.78, 5) is 27.3. The molecular weight excluding hydrogens is 408 g/mol. The lowest BCUT2D eigenvalue weighted by Crippen LogP contribution is -2.48. The molecule has 2 aromatic rings. The summed E-state index contributed by atoms with van der Waals surface area (Å²) in [6.07, 6.45) is -0.154.